The van der Waals surface area contributed by atoms with Crippen LogP contribution in [-0.4, -0.2) is 26.9 Å². The Kier molecular flexibility index (Phi) is 5.79. The molecular weight excluding hydrogens is 286 g/mol. The lowest BCUT2D eigenvalue weighted by atomic mass is 9.88. The molecule has 2 N–H and O–H groups in total. The lowest BCUT2D eigenvalue weighted by Crippen LogP contribution is -2.27. The van der Waals surface area contributed by atoms with Crippen molar-refractivity contribution in [3.8, 4) is 0 Å². The fourth-order valence-electron chi connectivity index (χ4n) is 2.82. The van der Waals surface area contributed by atoms with Crippen molar-refractivity contribution in [3.63, 3.8) is 0 Å². The van der Waals surface area contributed by atoms with Crippen molar-refractivity contribution in [2.24, 2.45) is 11.7 Å². The minimum absolute atomic E-state index is 0.0320. The minimum atomic E-state index is -3.29. The van der Waals surface area contributed by atoms with E-state index in [1.165, 1.54) is 19.3 Å². The molecule has 1 aliphatic carbocycles. The summed E-state index contributed by atoms with van der Waals surface area (Å²) in [7, 11) is -3.29. The molecule has 0 spiro atoms. The van der Waals surface area contributed by atoms with Crippen molar-refractivity contribution in [1.82, 2.24) is 0 Å². The van der Waals surface area contributed by atoms with Gasteiger partial charge in [0, 0.05) is 6.54 Å². The minimum Gasteiger partial charge on any atom is -0.377 e. The van der Waals surface area contributed by atoms with Crippen LogP contribution in [0, 0.1) is 5.92 Å². The Morgan fingerprint density at radius 1 is 1.29 bits per heavy atom. The SMILES string of the molecule is CC1CCCCC1OCCS(=O)(=O)c1cccc(CN)c1. The van der Waals surface area contributed by atoms with Crippen LogP contribution in [0.15, 0.2) is 29.2 Å². The first-order chi connectivity index (χ1) is 10.0. The molecule has 2 rings (SSSR count). The van der Waals surface area contributed by atoms with Crippen molar-refractivity contribution in [3.05, 3.63) is 29.8 Å². The average Bonchev–Trinajstić information content (AvgIpc) is 2.49. The quantitative estimate of drug-likeness (QED) is 0.876. The van der Waals surface area contributed by atoms with E-state index in [0.717, 1.165) is 12.0 Å². The van der Waals surface area contributed by atoms with E-state index in [4.69, 9.17) is 10.5 Å². The molecule has 0 amide bonds. The largest absolute Gasteiger partial charge is 0.377 e. The fourth-order valence-corrected chi connectivity index (χ4v) is 3.99. The van der Waals surface area contributed by atoms with Gasteiger partial charge in [0.2, 0.25) is 0 Å². The van der Waals surface area contributed by atoms with Crippen LogP contribution < -0.4 is 5.73 Å². The third kappa shape index (κ3) is 4.53. The molecule has 5 heteroatoms. The Bertz CT molecular complexity index is 556. The molecule has 1 saturated carbocycles. The van der Waals surface area contributed by atoms with Gasteiger partial charge in [-0.2, -0.15) is 0 Å². The molecule has 21 heavy (non-hydrogen) atoms. The Labute approximate surface area is 127 Å². The van der Waals surface area contributed by atoms with E-state index in [2.05, 4.69) is 6.92 Å². The molecule has 0 heterocycles. The summed E-state index contributed by atoms with van der Waals surface area (Å²) in [6.45, 7) is 2.80. The van der Waals surface area contributed by atoms with Crippen LogP contribution in [0.2, 0.25) is 0 Å². The van der Waals surface area contributed by atoms with Crippen LogP contribution in [0.1, 0.15) is 38.2 Å². The van der Waals surface area contributed by atoms with E-state index in [-0.39, 0.29) is 18.5 Å². The molecule has 0 radical (unpaired) electrons. The number of benzene rings is 1. The van der Waals surface area contributed by atoms with E-state index in [9.17, 15) is 8.42 Å². The summed E-state index contributed by atoms with van der Waals surface area (Å²) in [4.78, 5) is 0.339. The fraction of sp³-hybridized carbons (Fsp3) is 0.625. The van der Waals surface area contributed by atoms with Gasteiger partial charge in [-0.3, -0.25) is 0 Å². The van der Waals surface area contributed by atoms with Gasteiger partial charge < -0.3 is 10.5 Å². The van der Waals surface area contributed by atoms with Gasteiger partial charge in [0.25, 0.3) is 0 Å². The van der Waals surface area contributed by atoms with Gasteiger partial charge in [-0.1, -0.05) is 31.9 Å². The number of rotatable bonds is 6. The number of nitrogens with two attached hydrogens (primary N) is 1. The van der Waals surface area contributed by atoms with Gasteiger partial charge in [-0.05, 0) is 36.5 Å². The molecule has 2 atom stereocenters. The zero-order chi connectivity index (χ0) is 15.3. The summed E-state index contributed by atoms with van der Waals surface area (Å²) in [5.74, 6) is 0.562. The summed E-state index contributed by atoms with van der Waals surface area (Å²) < 4.78 is 30.4. The van der Waals surface area contributed by atoms with Crippen molar-refractivity contribution in [1.29, 1.82) is 0 Å². The summed E-state index contributed by atoms with van der Waals surface area (Å²) in [6, 6.07) is 6.84. The van der Waals surface area contributed by atoms with Gasteiger partial charge in [0.05, 0.1) is 23.4 Å². The molecule has 4 nitrogen and oxygen atoms in total. The van der Waals surface area contributed by atoms with Crippen LogP contribution in [0.5, 0.6) is 0 Å². The first-order valence-electron chi connectivity index (χ1n) is 7.66. The molecule has 0 aromatic heterocycles. The highest BCUT2D eigenvalue weighted by molar-refractivity contribution is 7.91. The molecule has 0 bridgehead atoms. The van der Waals surface area contributed by atoms with Crippen LogP contribution in [0.25, 0.3) is 0 Å². The van der Waals surface area contributed by atoms with Crippen LogP contribution in [-0.2, 0) is 21.1 Å². The van der Waals surface area contributed by atoms with Crippen molar-refractivity contribution < 1.29 is 13.2 Å². The predicted octanol–water partition coefficient (Wildman–Crippen LogP) is 2.51. The number of sulfone groups is 1. The molecular formula is C16H25NO3S. The van der Waals surface area contributed by atoms with Gasteiger partial charge in [-0.15, -0.1) is 0 Å². The third-order valence-electron chi connectivity index (χ3n) is 4.21. The molecule has 0 aliphatic heterocycles. The van der Waals surface area contributed by atoms with Crippen LogP contribution in [0.3, 0.4) is 0 Å². The van der Waals surface area contributed by atoms with Gasteiger partial charge in [0.15, 0.2) is 9.84 Å². The van der Waals surface area contributed by atoms with Crippen molar-refractivity contribution in [2.75, 3.05) is 12.4 Å². The number of ether oxygens (including phenoxy) is 1. The van der Waals surface area contributed by atoms with E-state index in [1.807, 2.05) is 6.07 Å². The zero-order valence-electron chi connectivity index (χ0n) is 12.6. The first kappa shape index (κ1) is 16.5. The van der Waals surface area contributed by atoms with E-state index < -0.39 is 9.84 Å². The lowest BCUT2D eigenvalue weighted by molar-refractivity contribution is 0.00302. The maximum atomic E-state index is 12.3. The van der Waals surface area contributed by atoms with Crippen molar-refractivity contribution in [2.45, 2.75) is 50.2 Å². The van der Waals surface area contributed by atoms with Gasteiger partial charge >= 0.3 is 0 Å². The highest BCUT2D eigenvalue weighted by Crippen LogP contribution is 2.26. The smallest absolute Gasteiger partial charge is 0.180 e. The second kappa shape index (κ2) is 7.38. The van der Waals surface area contributed by atoms with Gasteiger partial charge in [-0.25, -0.2) is 8.42 Å². The van der Waals surface area contributed by atoms with Gasteiger partial charge in [0.1, 0.15) is 0 Å². The molecule has 0 saturated heterocycles. The molecule has 118 valence electrons. The third-order valence-corrected chi connectivity index (χ3v) is 5.89. The lowest BCUT2D eigenvalue weighted by Gasteiger charge is -2.28. The van der Waals surface area contributed by atoms with E-state index >= 15 is 0 Å². The maximum absolute atomic E-state index is 12.3. The zero-order valence-corrected chi connectivity index (χ0v) is 13.4. The van der Waals surface area contributed by atoms with Crippen molar-refractivity contribution >= 4 is 9.84 Å². The second-order valence-electron chi connectivity index (χ2n) is 5.84. The van der Waals surface area contributed by atoms with Crippen LogP contribution in [0.4, 0.5) is 0 Å². The molecule has 1 fully saturated rings. The molecule has 1 aromatic rings. The normalized spacial score (nSPS) is 23.1. The molecule has 2 unspecified atom stereocenters. The predicted molar refractivity (Wildman–Crippen MR) is 83.8 cm³/mol. The summed E-state index contributed by atoms with van der Waals surface area (Å²) in [6.07, 6.45) is 4.87. The summed E-state index contributed by atoms with van der Waals surface area (Å²) in [5, 5.41) is 0. The first-order valence-corrected chi connectivity index (χ1v) is 9.31. The van der Waals surface area contributed by atoms with E-state index in [1.54, 1.807) is 18.2 Å². The maximum Gasteiger partial charge on any atom is 0.180 e. The summed E-state index contributed by atoms with van der Waals surface area (Å²) >= 11 is 0. The number of hydrogen-bond donors (Lipinski definition) is 1. The molecule has 1 aliphatic rings. The Hall–Kier alpha value is -0.910. The Balaban J connectivity index is 1.91. The highest BCUT2D eigenvalue weighted by atomic mass is 32.2. The average molecular weight is 311 g/mol. The topological polar surface area (TPSA) is 69.4 Å². The summed E-state index contributed by atoms with van der Waals surface area (Å²) in [5.41, 5.74) is 6.39. The standard InChI is InChI=1S/C16H25NO3S/c1-13-5-2-3-8-16(13)20-9-10-21(18,19)15-7-4-6-14(11-15)12-17/h4,6-7,11,13,16H,2-3,5,8-10,12,17H2,1H3. The number of hydrogen-bond acceptors (Lipinski definition) is 4. The van der Waals surface area contributed by atoms with E-state index in [0.29, 0.717) is 17.4 Å². The molecule has 1 aromatic carbocycles. The highest BCUT2D eigenvalue weighted by Gasteiger charge is 2.23. The second-order valence-corrected chi connectivity index (χ2v) is 7.95. The monoisotopic (exact) mass is 311 g/mol. The Morgan fingerprint density at radius 3 is 2.76 bits per heavy atom. The Morgan fingerprint density at radius 2 is 2.05 bits per heavy atom. The van der Waals surface area contributed by atoms with Crippen LogP contribution >= 0.6 is 0 Å².